The van der Waals surface area contributed by atoms with Gasteiger partial charge in [-0.15, -0.1) is 0 Å². The van der Waals surface area contributed by atoms with Crippen molar-refractivity contribution in [2.75, 3.05) is 18.9 Å². The second-order valence-corrected chi connectivity index (χ2v) is 11.7. The number of halogens is 2. The van der Waals surface area contributed by atoms with Gasteiger partial charge >= 0.3 is 5.97 Å². The van der Waals surface area contributed by atoms with Gasteiger partial charge in [0.1, 0.15) is 16.5 Å². The Morgan fingerprint density at radius 3 is 2.38 bits per heavy atom. The number of carboxylic acid groups (broad SMARTS) is 1. The van der Waals surface area contributed by atoms with Crippen molar-refractivity contribution in [2.45, 2.75) is 43.0 Å². The Bertz CT molecular complexity index is 1470. The highest BCUT2D eigenvalue weighted by Gasteiger charge is 2.38. The monoisotopic (exact) mass is 526 g/mol. The molecule has 0 spiro atoms. The summed E-state index contributed by atoms with van der Waals surface area (Å²) in [7, 11) is -2.35. The third-order valence-electron chi connectivity index (χ3n) is 7.61. The molecule has 1 atom stereocenters. The molecule has 9 heteroatoms. The number of carboxylic acids is 1. The summed E-state index contributed by atoms with van der Waals surface area (Å²) >= 11 is 0. The van der Waals surface area contributed by atoms with E-state index in [1.165, 1.54) is 22.5 Å². The summed E-state index contributed by atoms with van der Waals surface area (Å²) in [5.74, 6) is -2.65. The number of nitrogens with one attached hydrogen (secondary N) is 1. The Kier molecular flexibility index (Phi) is 6.76. The lowest BCUT2D eigenvalue weighted by atomic mass is 9.84. The fraction of sp³-hybridized carbons (Fsp3) is 0.321. The van der Waals surface area contributed by atoms with Crippen LogP contribution in [0.4, 0.5) is 14.5 Å². The number of benzene rings is 3. The molecule has 194 valence electrons. The average Bonchev–Trinajstić information content (AvgIpc) is 2.98. The minimum Gasteiger partial charge on any atom is -0.478 e. The van der Waals surface area contributed by atoms with Crippen LogP contribution in [0.3, 0.4) is 0 Å². The maximum absolute atomic E-state index is 15.0. The van der Waals surface area contributed by atoms with Crippen molar-refractivity contribution in [3.8, 4) is 22.3 Å². The smallest absolute Gasteiger partial charge is 0.338 e. The molecule has 3 aromatic carbocycles. The van der Waals surface area contributed by atoms with E-state index in [0.29, 0.717) is 23.4 Å². The molecule has 0 saturated heterocycles. The average molecular weight is 527 g/mol. The van der Waals surface area contributed by atoms with Gasteiger partial charge in [0.05, 0.1) is 11.3 Å². The summed E-state index contributed by atoms with van der Waals surface area (Å²) < 4.78 is 58.3. The first-order chi connectivity index (χ1) is 17.7. The summed E-state index contributed by atoms with van der Waals surface area (Å²) in [6, 6.07) is 12.4. The molecule has 2 aliphatic rings. The number of sulfonamides is 1. The second-order valence-electron chi connectivity index (χ2n) is 9.74. The highest BCUT2D eigenvalue weighted by molar-refractivity contribution is 7.89. The van der Waals surface area contributed by atoms with Crippen LogP contribution in [0.5, 0.6) is 0 Å². The molecule has 0 amide bonds. The summed E-state index contributed by atoms with van der Waals surface area (Å²) in [5.41, 5.74) is 0.963. The molecule has 1 saturated carbocycles. The van der Waals surface area contributed by atoms with E-state index in [1.54, 1.807) is 31.3 Å². The predicted octanol–water partition coefficient (Wildman–Crippen LogP) is 5.99. The van der Waals surface area contributed by atoms with Crippen molar-refractivity contribution in [1.29, 1.82) is 0 Å². The summed E-state index contributed by atoms with van der Waals surface area (Å²) in [6.07, 6.45) is 5.21. The number of aromatic carboxylic acids is 1. The van der Waals surface area contributed by atoms with Crippen LogP contribution < -0.4 is 5.32 Å². The lowest BCUT2D eigenvalue weighted by molar-refractivity contribution is 0.0692. The number of rotatable bonds is 4. The minimum absolute atomic E-state index is 0.0181. The quantitative estimate of drug-likeness (QED) is 0.436. The van der Waals surface area contributed by atoms with Crippen LogP contribution in [0, 0.1) is 17.6 Å². The van der Waals surface area contributed by atoms with E-state index < -0.39 is 33.2 Å². The Hall–Kier alpha value is -3.30. The molecule has 6 nitrogen and oxygen atoms in total. The Morgan fingerprint density at radius 1 is 0.946 bits per heavy atom. The van der Waals surface area contributed by atoms with E-state index >= 15 is 0 Å². The fourth-order valence-electron chi connectivity index (χ4n) is 5.59. The Balaban J connectivity index is 1.72. The largest absolute Gasteiger partial charge is 0.478 e. The summed E-state index contributed by atoms with van der Waals surface area (Å²) in [6.45, 7) is 0.420. The number of hydrogen-bond donors (Lipinski definition) is 2. The molecule has 3 aromatic rings. The number of anilines is 1. The fourth-order valence-corrected chi connectivity index (χ4v) is 7.18. The molecule has 1 fully saturated rings. The van der Waals surface area contributed by atoms with Gasteiger partial charge in [0.15, 0.2) is 0 Å². The number of carbonyl (C=O) groups is 1. The van der Waals surface area contributed by atoms with Gasteiger partial charge in [-0.05, 0) is 65.8 Å². The van der Waals surface area contributed by atoms with E-state index in [4.69, 9.17) is 0 Å². The molecule has 37 heavy (non-hydrogen) atoms. The zero-order valence-electron chi connectivity index (χ0n) is 20.4. The van der Waals surface area contributed by atoms with Crippen LogP contribution >= 0.6 is 0 Å². The Morgan fingerprint density at radius 2 is 1.68 bits per heavy atom. The number of fused-ring (bicyclic) bond motifs is 1. The van der Waals surface area contributed by atoms with Gasteiger partial charge in [0, 0.05) is 25.2 Å². The number of likely N-dealkylation sites (N-methyl/N-ethyl adjacent to an activating group) is 1. The van der Waals surface area contributed by atoms with E-state index in [2.05, 4.69) is 5.32 Å². The van der Waals surface area contributed by atoms with Crippen molar-refractivity contribution >= 4 is 21.7 Å². The van der Waals surface area contributed by atoms with Crippen LogP contribution in [-0.4, -0.2) is 43.4 Å². The minimum atomic E-state index is -3.94. The molecule has 0 radical (unpaired) electrons. The maximum atomic E-state index is 15.0. The molecule has 5 rings (SSSR count). The number of hydrogen-bond acceptors (Lipinski definition) is 4. The normalized spacial score (nSPS) is 20.0. The third kappa shape index (κ3) is 4.62. The highest BCUT2D eigenvalue weighted by atomic mass is 32.2. The summed E-state index contributed by atoms with van der Waals surface area (Å²) in [4.78, 5) is 11.6. The molecular weight excluding hydrogens is 498 g/mol. The zero-order chi connectivity index (χ0) is 26.3. The van der Waals surface area contributed by atoms with Crippen molar-refractivity contribution in [3.63, 3.8) is 0 Å². The lowest BCUT2D eigenvalue weighted by Gasteiger charge is -2.34. The zero-order valence-corrected chi connectivity index (χ0v) is 21.2. The molecule has 1 heterocycles. The third-order valence-corrected chi connectivity index (χ3v) is 9.53. The molecule has 0 aromatic heterocycles. The van der Waals surface area contributed by atoms with Crippen molar-refractivity contribution < 1.29 is 27.1 Å². The van der Waals surface area contributed by atoms with Crippen molar-refractivity contribution in [3.05, 3.63) is 71.8 Å². The van der Waals surface area contributed by atoms with Crippen molar-refractivity contribution in [2.24, 2.45) is 5.92 Å². The van der Waals surface area contributed by atoms with E-state index in [9.17, 15) is 27.1 Å². The lowest BCUT2D eigenvalue weighted by Crippen LogP contribution is -2.44. The first-order valence-corrected chi connectivity index (χ1v) is 13.8. The van der Waals surface area contributed by atoms with Gasteiger partial charge in [-0.25, -0.2) is 22.0 Å². The maximum Gasteiger partial charge on any atom is 0.338 e. The first kappa shape index (κ1) is 25.4. The van der Waals surface area contributed by atoms with Gasteiger partial charge < -0.3 is 10.4 Å². The van der Waals surface area contributed by atoms with Gasteiger partial charge in [-0.2, -0.15) is 4.31 Å². The topological polar surface area (TPSA) is 86.7 Å². The first-order valence-electron chi connectivity index (χ1n) is 12.4. The molecule has 1 aliphatic heterocycles. The SMILES string of the molecule is CN1[C@H](C2CCCCC2)CNc2cc(-c3ccccc3F)c(-c3ccc(F)c(C(=O)O)c3)cc2S1(=O)=O. The Labute approximate surface area is 215 Å². The molecule has 1 aliphatic carbocycles. The van der Waals surface area contributed by atoms with E-state index in [-0.39, 0.29) is 28.0 Å². The number of nitrogens with zero attached hydrogens (tertiary/aromatic N) is 1. The van der Waals surface area contributed by atoms with Gasteiger partial charge in [0.25, 0.3) is 0 Å². The van der Waals surface area contributed by atoms with Crippen LogP contribution in [-0.2, 0) is 10.0 Å². The van der Waals surface area contributed by atoms with Crippen LogP contribution in [0.1, 0.15) is 42.5 Å². The van der Waals surface area contributed by atoms with Crippen molar-refractivity contribution in [1.82, 2.24) is 4.31 Å². The predicted molar refractivity (Wildman–Crippen MR) is 138 cm³/mol. The van der Waals surface area contributed by atoms with E-state index in [0.717, 1.165) is 44.2 Å². The molecular formula is C28H28F2N2O4S. The summed E-state index contributed by atoms with van der Waals surface area (Å²) in [5, 5.41) is 12.8. The standard InChI is InChI=1S/C28H28F2N2O4S/c1-32-26(17-7-3-2-4-8-17)16-31-25-14-21(19-9-5-6-10-23(19)29)20(15-27(25)37(32,35)36)18-11-12-24(30)22(13-18)28(33)34/h5-6,9-15,17,26,31H,2-4,7-8,16H2,1H3,(H,33,34)/t26-/m0/s1. The molecule has 0 bridgehead atoms. The van der Waals surface area contributed by atoms with Gasteiger partial charge in [0.2, 0.25) is 10.0 Å². The van der Waals surface area contributed by atoms with Gasteiger partial charge in [-0.1, -0.05) is 43.5 Å². The van der Waals surface area contributed by atoms with Gasteiger partial charge in [-0.3, -0.25) is 0 Å². The van der Waals surface area contributed by atoms with Crippen LogP contribution in [0.2, 0.25) is 0 Å². The van der Waals surface area contributed by atoms with Crippen LogP contribution in [0.25, 0.3) is 22.3 Å². The highest BCUT2D eigenvalue weighted by Crippen LogP contribution is 2.42. The molecule has 0 unspecified atom stereocenters. The molecule has 2 N–H and O–H groups in total. The second kappa shape index (κ2) is 9.87. The van der Waals surface area contributed by atoms with E-state index in [1.807, 2.05) is 0 Å². The van der Waals surface area contributed by atoms with Crippen LogP contribution in [0.15, 0.2) is 59.5 Å².